The van der Waals surface area contributed by atoms with Crippen molar-refractivity contribution in [3.8, 4) is 5.75 Å². The van der Waals surface area contributed by atoms with Gasteiger partial charge in [-0.2, -0.15) is 0 Å². The summed E-state index contributed by atoms with van der Waals surface area (Å²) < 4.78 is 0. The molecule has 5 nitrogen and oxygen atoms in total. The lowest BCUT2D eigenvalue weighted by atomic mass is 9.76. The molecule has 0 amide bonds. The molecule has 2 aromatic rings. The van der Waals surface area contributed by atoms with Gasteiger partial charge in [-0.05, 0) is 24.0 Å². The van der Waals surface area contributed by atoms with Gasteiger partial charge in [0, 0.05) is 11.6 Å². The Balaban J connectivity index is 1.92. The average Bonchev–Trinajstić information content (AvgIpc) is 3.04. The van der Waals surface area contributed by atoms with Gasteiger partial charge in [0.05, 0.1) is 16.5 Å². The van der Waals surface area contributed by atoms with Gasteiger partial charge < -0.3 is 10.4 Å². The van der Waals surface area contributed by atoms with Crippen molar-refractivity contribution in [3.05, 3.63) is 74.8 Å². The van der Waals surface area contributed by atoms with Crippen LogP contribution in [0.3, 0.4) is 0 Å². The molecular weight excluding hydrogens is 328 g/mol. The molecule has 4 rings (SSSR count). The molecule has 24 heavy (non-hydrogen) atoms. The number of nitro groups is 1. The zero-order valence-electron chi connectivity index (χ0n) is 12.6. The minimum Gasteiger partial charge on any atom is -0.871 e. The van der Waals surface area contributed by atoms with Gasteiger partial charge in [0.2, 0.25) is 0 Å². The van der Waals surface area contributed by atoms with Crippen LogP contribution in [0.2, 0.25) is 5.02 Å². The van der Waals surface area contributed by atoms with Crippen molar-refractivity contribution in [1.82, 2.24) is 0 Å². The second-order valence-corrected chi connectivity index (χ2v) is 6.54. The molecule has 0 bridgehead atoms. The predicted octanol–water partition coefficient (Wildman–Crippen LogP) is 4.15. The summed E-state index contributed by atoms with van der Waals surface area (Å²) in [6.07, 6.45) is 4.79. The lowest BCUT2D eigenvalue weighted by Crippen LogP contribution is -2.30. The molecule has 0 spiro atoms. The Kier molecular flexibility index (Phi) is 3.46. The Morgan fingerprint density at radius 3 is 2.71 bits per heavy atom. The Bertz CT molecular complexity index is 851. The highest BCUT2D eigenvalue weighted by Gasteiger charge is 2.42. The molecule has 6 heteroatoms. The maximum absolute atomic E-state index is 12.4. The summed E-state index contributed by atoms with van der Waals surface area (Å²) in [6.45, 7) is 0. The minimum absolute atomic E-state index is 0.0628. The first kappa shape index (κ1) is 15.0. The molecule has 2 aromatic carbocycles. The van der Waals surface area contributed by atoms with Gasteiger partial charge >= 0.3 is 0 Å². The van der Waals surface area contributed by atoms with Crippen LogP contribution >= 0.6 is 11.6 Å². The van der Waals surface area contributed by atoms with Crippen LogP contribution in [0.15, 0.2) is 48.6 Å². The zero-order chi connectivity index (χ0) is 16.8. The van der Waals surface area contributed by atoms with E-state index in [1.807, 2.05) is 42.5 Å². The number of hydrogen-bond donors (Lipinski definition) is 1. The van der Waals surface area contributed by atoms with E-state index in [1.165, 1.54) is 0 Å². The molecule has 0 unspecified atom stereocenters. The SMILES string of the molecule is O=[N+]([O-])c1c(Cl)cc([O-])c2c1[C@H]1C=CC[C@@H]1[C@@H](c1ccccc1)N2. The zero-order valence-corrected chi connectivity index (χ0v) is 13.4. The van der Waals surface area contributed by atoms with Crippen molar-refractivity contribution in [2.24, 2.45) is 5.92 Å². The Hall–Kier alpha value is -2.53. The summed E-state index contributed by atoms with van der Waals surface area (Å²) in [5.41, 5.74) is 1.63. The molecule has 1 heterocycles. The summed E-state index contributed by atoms with van der Waals surface area (Å²) >= 11 is 6.01. The number of rotatable bonds is 2. The highest BCUT2D eigenvalue weighted by molar-refractivity contribution is 6.33. The maximum Gasteiger partial charge on any atom is 0.293 e. The van der Waals surface area contributed by atoms with E-state index in [0.29, 0.717) is 11.3 Å². The third kappa shape index (κ3) is 2.16. The first-order valence-corrected chi connectivity index (χ1v) is 8.11. The van der Waals surface area contributed by atoms with Crippen molar-refractivity contribution in [1.29, 1.82) is 0 Å². The van der Waals surface area contributed by atoms with E-state index >= 15 is 0 Å². The largest absolute Gasteiger partial charge is 0.871 e. The minimum atomic E-state index is -0.492. The molecule has 1 aliphatic carbocycles. The lowest BCUT2D eigenvalue weighted by Gasteiger charge is -2.39. The number of hydrogen-bond acceptors (Lipinski definition) is 4. The monoisotopic (exact) mass is 341 g/mol. The lowest BCUT2D eigenvalue weighted by molar-refractivity contribution is -0.385. The van der Waals surface area contributed by atoms with Crippen LogP contribution in [-0.4, -0.2) is 4.92 Å². The van der Waals surface area contributed by atoms with E-state index in [9.17, 15) is 15.2 Å². The first-order chi connectivity index (χ1) is 11.6. The number of benzene rings is 2. The number of halogens is 1. The molecule has 2 aliphatic rings. The van der Waals surface area contributed by atoms with E-state index in [1.54, 1.807) is 0 Å². The first-order valence-electron chi connectivity index (χ1n) is 7.74. The fourth-order valence-corrected chi connectivity index (χ4v) is 4.14. The van der Waals surface area contributed by atoms with Crippen molar-refractivity contribution < 1.29 is 10.0 Å². The number of nitrogens with one attached hydrogen (secondary N) is 1. The van der Waals surface area contributed by atoms with E-state index in [-0.39, 0.29) is 34.3 Å². The van der Waals surface area contributed by atoms with Crippen LogP contribution < -0.4 is 10.4 Å². The number of anilines is 1. The fraction of sp³-hybridized carbons (Fsp3) is 0.222. The summed E-state index contributed by atoms with van der Waals surface area (Å²) in [6, 6.07) is 10.9. The molecule has 1 N–H and O–H groups in total. The molecule has 1 aliphatic heterocycles. The molecular formula is C18H14ClN2O3-. The van der Waals surface area contributed by atoms with Crippen LogP contribution in [0.5, 0.6) is 5.75 Å². The molecule has 0 aromatic heterocycles. The highest BCUT2D eigenvalue weighted by atomic mass is 35.5. The van der Waals surface area contributed by atoms with Crippen molar-refractivity contribution in [3.63, 3.8) is 0 Å². The van der Waals surface area contributed by atoms with Gasteiger partial charge in [0.1, 0.15) is 5.02 Å². The number of fused-ring (bicyclic) bond motifs is 3. The maximum atomic E-state index is 12.4. The van der Waals surface area contributed by atoms with Crippen LogP contribution in [0.25, 0.3) is 0 Å². The quantitative estimate of drug-likeness (QED) is 0.505. The van der Waals surface area contributed by atoms with Gasteiger partial charge in [-0.1, -0.05) is 59.8 Å². The van der Waals surface area contributed by atoms with Gasteiger partial charge in [0.15, 0.2) is 0 Å². The fourth-order valence-electron chi connectivity index (χ4n) is 3.87. The molecule has 3 atom stereocenters. The standard InChI is InChI=1S/C18H15ClN2O3/c19-13-9-14(22)17-15(18(13)21(23)24)11-7-4-8-12(11)16(20-17)10-5-2-1-3-6-10/h1-7,9,11-12,16,20,22H,8H2/p-1/t11-,12-,16+/m0/s1. The van der Waals surface area contributed by atoms with Gasteiger partial charge in [-0.15, -0.1) is 0 Å². The molecule has 0 fully saturated rings. The van der Waals surface area contributed by atoms with Crippen LogP contribution in [0.4, 0.5) is 11.4 Å². The predicted molar refractivity (Wildman–Crippen MR) is 90.3 cm³/mol. The van der Waals surface area contributed by atoms with Crippen LogP contribution in [0.1, 0.15) is 29.5 Å². The molecule has 0 saturated carbocycles. The summed E-state index contributed by atoms with van der Waals surface area (Å²) in [7, 11) is 0. The van der Waals surface area contributed by atoms with Crippen molar-refractivity contribution in [2.45, 2.75) is 18.4 Å². The van der Waals surface area contributed by atoms with E-state index in [4.69, 9.17) is 11.6 Å². The second kappa shape index (κ2) is 5.53. The third-order valence-corrected chi connectivity index (χ3v) is 5.16. The molecule has 122 valence electrons. The molecule has 0 saturated heterocycles. The molecule has 0 radical (unpaired) electrons. The van der Waals surface area contributed by atoms with E-state index < -0.39 is 4.92 Å². The smallest absolute Gasteiger partial charge is 0.293 e. The topological polar surface area (TPSA) is 78.2 Å². The average molecular weight is 342 g/mol. The third-order valence-electron chi connectivity index (χ3n) is 4.87. The highest BCUT2D eigenvalue weighted by Crippen LogP contribution is 2.55. The van der Waals surface area contributed by atoms with Crippen molar-refractivity contribution >= 4 is 23.0 Å². The Morgan fingerprint density at radius 2 is 2.00 bits per heavy atom. The van der Waals surface area contributed by atoms with Crippen LogP contribution in [0, 0.1) is 16.0 Å². The number of nitrogens with zero attached hydrogens (tertiary/aromatic N) is 1. The number of allylic oxidation sites excluding steroid dienone is 2. The summed E-state index contributed by atoms with van der Waals surface area (Å²) in [5.74, 6) is -0.366. The van der Waals surface area contributed by atoms with E-state index in [0.717, 1.165) is 18.1 Å². The van der Waals surface area contributed by atoms with Gasteiger partial charge in [-0.3, -0.25) is 10.1 Å². The normalized spacial score (nSPS) is 24.1. The van der Waals surface area contributed by atoms with Crippen LogP contribution in [-0.2, 0) is 0 Å². The van der Waals surface area contributed by atoms with Gasteiger partial charge in [-0.25, -0.2) is 0 Å². The summed E-state index contributed by atoms with van der Waals surface area (Å²) in [4.78, 5) is 11.0. The van der Waals surface area contributed by atoms with Crippen molar-refractivity contribution in [2.75, 3.05) is 5.32 Å². The Morgan fingerprint density at radius 1 is 1.25 bits per heavy atom. The second-order valence-electron chi connectivity index (χ2n) is 6.14. The number of nitro benzene ring substituents is 1. The van der Waals surface area contributed by atoms with E-state index in [2.05, 4.69) is 5.32 Å². The summed E-state index contributed by atoms with van der Waals surface area (Å²) in [5, 5.41) is 27.1. The van der Waals surface area contributed by atoms with Gasteiger partial charge in [0.25, 0.3) is 5.69 Å². The Labute approximate surface area is 143 Å².